The predicted octanol–water partition coefficient (Wildman–Crippen LogP) is 0.523. The molecule has 1 saturated heterocycles. The monoisotopic (exact) mass is 198 g/mol. The Morgan fingerprint density at radius 3 is 2.64 bits per heavy atom. The highest BCUT2D eigenvalue weighted by Gasteiger charge is 2.38. The fourth-order valence-corrected chi connectivity index (χ4v) is 1.61. The lowest BCUT2D eigenvalue weighted by atomic mass is 10.0. The minimum atomic E-state index is -0.733. The smallest absolute Gasteiger partial charge is 0.248 e. The highest BCUT2D eigenvalue weighted by atomic mass is 16.2. The molecule has 14 heavy (non-hydrogen) atoms. The van der Waals surface area contributed by atoms with E-state index in [1.165, 1.54) is 0 Å². The topological polar surface area (TPSA) is 49.4 Å². The zero-order valence-electron chi connectivity index (χ0n) is 9.09. The van der Waals surface area contributed by atoms with E-state index in [0.29, 0.717) is 6.54 Å². The molecule has 4 nitrogen and oxygen atoms in total. The maximum Gasteiger partial charge on any atom is 0.248 e. The molecule has 1 N–H and O–H groups in total. The van der Waals surface area contributed by atoms with E-state index in [1.54, 1.807) is 18.7 Å². The molecule has 0 radical (unpaired) electrons. The van der Waals surface area contributed by atoms with Crippen molar-refractivity contribution < 1.29 is 9.59 Å². The number of amides is 2. The third-order valence-corrected chi connectivity index (χ3v) is 2.39. The van der Waals surface area contributed by atoms with Gasteiger partial charge < -0.3 is 10.2 Å². The van der Waals surface area contributed by atoms with Crippen molar-refractivity contribution in [3.8, 4) is 0 Å². The van der Waals surface area contributed by atoms with Crippen molar-refractivity contribution in [3.63, 3.8) is 0 Å². The molecule has 0 aromatic carbocycles. The van der Waals surface area contributed by atoms with E-state index in [1.807, 2.05) is 0 Å². The van der Waals surface area contributed by atoms with Gasteiger partial charge in [0.05, 0.1) is 6.54 Å². The molecule has 1 fully saturated rings. The van der Waals surface area contributed by atoms with Gasteiger partial charge >= 0.3 is 0 Å². The summed E-state index contributed by atoms with van der Waals surface area (Å²) in [7, 11) is 0. The van der Waals surface area contributed by atoms with Gasteiger partial charge in [-0.05, 0) is 20.3 Å². The maximum absolute atomic E-state index is 11.8. The van der Waals surface area contributed by atoms with Crippen LogP contribution in [-0.4, -0.2) is 35.3 Å². The van der Waals surface area contributed by atoms with Crippen LogP contribution < -0.4 is 5.32 Å². The van der Waals surface area contributed by atoms with E-state index in [-0.39, 0.29) is 18.4 Å². The first-order valence-electron chi connectivity index (χ1n) is 5.07. The fourth-order valence-electron chi connectivity index (χ4n) is 1.61. The molecule has 2 amide bonds. The summed E-state index contributed by atoms with van der Waals surface area (Å²) >= 11 is 0. The van der Waals surface area contributed by atoms with Crippen molar-refractivity contribution in [2.45, 2.75) is 39.2 Å². The molecule has 1 rings (SSSR count). The number of piperazine rings is 1. The van der Waals surface area contributed by atoms with Gasteiger partial charge in [0, 0.05) is 6.54 Å². The minimum absolute atomic E-state index is 0.0190. The molecule has 0 bridgehead atoms. The van der Waals surface area contributed by atoms with Crippen molar-refractivity contribution in [2.24, 2.45) is 0 Å². The van der Waals surface area contributed by atoms with Gasteiger partial charge in [-0.1, -0.05) is 13.3 Å². The first kappa shape index (κ1) is 11.0. The standard InChI is InChI=1S/C10H18N2O2/c1-4-5-6-12-7-8(13)11-10(2,3)9(12)14/h4-7H2,1-3H3,(H,11,13). The van der Waals surface area contributed by atoms with Crippen molar-refractivity contribution >= 4 is 11.8 Å². The molecule has 1 aliphatic heterocycles. The average Bonchev–Trinajstić information content (AvgIpc) is 2.08. The Morgan fingerprint density at radius 2 is 2.07 bits per heavy atom. The van der Waals surface area contributed by atoms with Crippen LogP contribution in [-0.2, 0) is 9.59 Å². The molecule has 0 atom stereocenters. The summed E-state index contributed by atoms with van der Waals surface area (Å²) in [5.41, 5.74) is -0.733. The van der Waals surface area contributed by atoms with Crippen LogP contribution in [0.1, 0.15) is 33.6 Å². The first-order valence-corrected chi connectivity index (χ1v) is 5.07. The quantitative estimate of drug-likeness (QED) is 0.719. The molecular weight excluding hydrogens is 180 g/mol. The Kier molecular flexibility index (Phi) is 3.13. The lowest BCUT2D eigenvalue weighted by molar-refractivity contribution is -0.148. The molecular formula is C10H18N2O2. The van der Waals surface area contributed by atoms with Crippen LogP contribution in [0.5, 0.6) is 0 Å². The molecule has 1 heterocycles. The van der Waals surface area contributed by atoms with Crippen molar-refractivity contribution in [2.75, 3.05) is 13.1 Å². The Labute approximate surface area is 84.7 Å². The molecule has 0 aliphatic carbocycles. The highest BCUT2D eigenvalue weighted by Crippen LogP contribution is 2.13. The van der Waals surface area contributed by atoms with Crippen LogP contribution >= 0.6 is 0 Å². The summed E-state index contributed by atoms with van der Waals surface area (Å²) in [6.07, 6.45) is 1.99. The van der Waals surface area contributed by atoms with Gasteiger partial charge in [-0.2, -0.15) is 0 Å². The van der Waals surface area contributed by atoms with Gasteiger partial charge in [0.15, 0.2) is 0 Å². The third kappa shape index (κ3) is 2.25. The lowest BCUT2D eigenvalue weighted by Crippen LogP contribution is -2.63. The second kappa shape index (κ2) is 3.98. The lowest BCUT2D eigenvalue weighted by Gasteiger charge is -2.37. The van der Waals surface area contributed by atoms with Crippen LogP contribution in [0.3, 0.4) is 0 Å². The Bertz CT molecular complexity index is 249. The molecule has 0 saturated carbocycles. The van der Waals surface area contributed by atoms with Gasteiger partial charge in [-0.3, -0.25) is 9.59 Å². The van der Waals surface area contributed by atoms with E-state index in [9.17, 15) is 9.59 Å². The second-order valence-corrected chi connectivity index (χ2v) is 4.25. The van der Waals surface area contributed by atoms with Gasteiger partial charge in [-0.25, -0.2) is 0 Å². The largest absolute Gasteiger partial charge is 0.341 e. The number of carbonyl (C=O) groups excluding carboxylic acids is 2. The molecule has 0 unspecified atom stereocenters. The molecule has 0 spiro atoms. The molecule has 0 aromatic heterocycles. The van der Waals surface area contributed by atoms with Gasteiger partial charge in [0.1, 0.15) is 5.54 Å². The number of nitrogens with zero attached hydrogens (tertiary/aromatic N) is 1. The van der Waals surface area contributed by atoms with Crippen molar-refractivity contribution in [3.05, 3.63) is 0 Å². The van der Waals surface area contributed by atoms with Crippen LogP contribution in [0.4, 0.5) is 0 Å². The fraction of sp³-hybridized carbons (Fsp3) is 0.800. The summed E-state index contributed by atoms with van der Waals surface area (Å²) in [5, 5.41) is 2.68. The average molecular weight is 198 g/mol. The predicted molar refractivity (Wildman–Crippen MR) is 53.7 cm³/mol. The van der Waals surface area contributed by atoms with E-state index in [4.69, 9.17) is 0 Å². The van der Waals surface area contributed by atoms with Crippen LogP contribution in [0.25, 0.3) is 0 Å². The second-order valence-electron chi connectivity index (χ2n) is 4.25. The highest BCUT2D eigenvalue weighted by molar-refractivity contribution is 5.97. The van der Waals surface area contributed by atoms with Gasteiger partial charge in [-0.15, -0.1) is 0 Å². The number of hydrogen-bond donors (Lipinski definition) is 1. The van der Waals surface area contributed by atoms with Gasteiger partial charge in [0.2, 0.25) is 11.8 Å². The third-order valence-electron chi connectivity index (χ3n) is 2.39. The summed E-state index contributed by atoms with van der Waals surface area (Å²) < 4.78 is 0. The molecule has 0 aromatic rings. The van der Waals surface area contributed by atoms with E-state index >= 15 is 0 Å². The summed E-state index contributed by atoms with van der Waals surface area (Å²) in [6, 6.07) is 0. The van der Waals surface area contributed by atoms with Crippen molar-refractivity contribution in [1.82, 2.24) is 10.2 Å². The SMILES string of the molecule is CCCCN1CC(=O)NC(C)(C)C1=O. The van der Waals surface area contributed by atoms with Gasteiger partial charge in [0.25, 0.3) is 0 Å². The zero-order chi connectivity index (χ0) is 10.8. The van der Waals surface area contributed by atoms with Crippen LogP contribution in [0, 0.1) is 0 Å². The van der Waals surface area contributed by atoms with Crippen LogP contribution in [0.15, 0.2) is 0 Å². The normalized spacial score (nSPS) is 20.9. The molecule has 80 valence electrons. The van der Waals surface area contributed by atoms with Crippen molar-refractivity contribution in [1.29, 1.82) is 0 Å². The number of rotatable bonds is 3. The molecule has 1 aliphatic rings. The Morgan fingerprint density at radius 1 is 1.43 bits per heavy atom. The number of nitrogens with one attached hydrogen (secondary N) is 1. The molecule has 4 heteroatoms. The van der Waals surface area contributed by atoms with E-state index in [0.717, 1.165) is 12.8 Å². The first-order chi connectivity index (χ1) is 6.47. The number of unbranched alkanes of at least 4 members (excludes halogenated alkanes) is 1. The summed E-state index contributed by atoms with van der Waals surface area (Å²) in [4.78, 5) is 24.7. The Balaban J connectivity index is 2.66. The summed E-state index contributed by atoms with van der Waals surface area (Å²) in [5.74, 6) is -0.0451. The Hall–Kier alpha value is -1.06. The van der Waals surface area contributed by atoms with E-state index in [2.05, 4.69) is 12.2 Å². The number of hydrogen-bond acceptors (Lipinski definition) is 2. The minimum Gasteiger partial charge on any atom is -0.341 e. The number of carbonyl (C=O) groups is 2. The van der Waals surface area contributed by atoms with E-state index < -0.39 is 5.54 Å². The zero-order valence-corrected chi connectivity index (χ0v) is 9.09. The summed E-state index contributed by atoms with van der Waals surface area (Å²) in [6.45, 7) is 6.45. The maximum atomic E-state index is 11.8. The van der Waals surface area contributed by atoms with Crippen LogP contribution in [0.2, 0.25) is 0 Å².